The predicted octanol–water partition coefficient (Wildman–Crippen LogP) is 3.84. The first-order valence-corrected chi connectivity index (χ1v) is 7.50. The van der Waals surface area contributed by atoms with Gasteiger partial charge in [0, 0.05) is 15.9 Å². The van der Waals surface area contributed by atoms with Crippen molar-refractivity contribution in [2.45, 2.75) is 32.8 Å². The molecule has 0 aliphatic heterocycles. The molecule has 0 N–H and O–H groups in total. The minimum atomic E-state index is -0.346. The molecule has 3 nitrogen and oxygen atoms in total. The van der Waals surface area contributed by atoms with Crippen molar-refractivity contribution in [2.75, 3.05) is 0 Å². The molecule has 5 heteroatoms. The summed E-state index contributed by atoms with van der Waals surface area (Å²) in [6.07, 6.45) is 1.18. The number of aryl methyl sites for hydroxylation is 1. The van der Waals surface area contributed by atoms with E-state index in [0.717, 1.165) is 32.9 Å². The third kappa shape index (κ3) is 2.17. The van der Waals surface area contributed by atoms with Crippen LogP contribution in [0.3, 0.4) is 0 Å². The highest BCUT2D eigenvalue weighted by Crippen LogP contribution is 2.38. The van der Waals surface area contributed by atoms with Gasteiger partial charge in [-0.05, 0) is 65.6 Å². The van der Waals surface area contributed by atoms with Crippen molar-refractivity contribution in [3.63, 3.8) is 0 Å². The largest absolute Gasteiger partial charge is 0.456 e. The van der Waals surface area contributed by atoms with E-state index in [1.165, 1.54) is 13.0 Å². The third-order valence-electron chi connectivity index (χ3n) is 3.52. The summed E-state index contributed by atoms with van der Waals surface area (Å²) in [5.74, 6) is -0.654. The van der Waals surface area contributed by atoms with Crippen molar-refractivity contribution >= 4 is 39.5 Å². The predicted molar refractivity (Wildman–Crippen MR) is 82.0 cm³/mol. The number of nitrogens with zero attached hydrogens (tertiary/aromatic N) is 1. The normalized spacial score (nSPS) is 17.3. The van der Waals surface area contributed by atoms with Gasteiger partial charge in [-0.2, -0.15) is 0 Å². The Bertz CT molecular complexity index is 730. The molecule has 1 aliphatic rings. The Hall–Kier alpha value is -1.24. The lowest BCUT2D eigenvalue weighted by Gasteiger charge is -2.13. The van der Waals surface area contributed by atoms with Crippen LogP contribution >= 0.6 is 22.6 Å². The first-order chi connectivity index (χ1) is 9.47. The highest BCUT2D eigenvalue weighted by atomic mass is 127. The Morgan fingerprint density at radius 2 is 2.25 bits per heavy atom. The van der Waals surface area contributed by atoms with Gasteiger partial charge < -0.3 is 4.74 Å². The number of fused-ring (bicyclic) bond motifs is 2. The fourth-order valence-corrected chi connectivity index (χ4v) is 3.67. The monoisotopic (exact) mass is 385 g/mol. The molecule has 0 spiro atoms. The lowest BCUT2D eigenvalue weighted by atomic mass is 10.1. The number of carbonyl (C=O) groups is 1. The second-order valence-electron chi connectivity index (χ2n) is 5.07. The van der Waals surface area contributed by atoms with E-state index in [4.69, 9.17) is 4.74 Å². The van der Waals surface area contributed by atoms with E-state index in [2.05, 4.69) is 27.6 Å². The number of esters is 1. The van der Waals surface area contributed by atoms with Crippen LogP contribution in [0.1, 0.15) is 36.3 Å². The second-order valence-corrected chi connectivity index (χ2v) is 6.15. The van der Waals surface area contributed by atoms with E-state index in [1.807, 2.05) is 13.0 Å². The van der Waals surface area contributed by atoms with Gasteiger partial charge in [0.1, 0.15) is 17.4 Å². The van der Waals surface area contributed by atoms with Crippen molar-refractivity contribution < 1.29 is 13.9 Å². The molecule has 3 rings (SSSR count). The van der Waals surface area contributed by atoms with Crippen LogP contribution in [0.2, 0.25) is 0 Å². The number of halogens is 2. The molecule has 20 heavy (non-hydrogen) atoms. The maximum Gasteiger partial charge on any atom is 0.303 e. The molecule has 0 fully saturated rings. The zero-order valence-electron chi connectivity index (χ0n) is 11.2. The minimum absolute atomic E-state index is 0.325. The van der Waals surface area contributed by atoms with Crippen LogP contribution < -0.4 is 0 Å². The van der Waals surface area contributed by atoms with Crippen LogP contribution in [0.15, 0.2) is 12.1 Å². The highest BCUT2D eigenvalue weighted by Gasteiger charge is 2.30. The fraction of sp³-hybridized carbons (Fsp3) is 0.333. The average Bonchev–Trinajstić information content (AvgIpc) is 2.74. The summed E-state index contributed by atoms with van der Waals surface area (Å²) in [4.78, 5) is 15.6. The van der Waals surface area contributed by atoms with Crippen molar-refractivity contribution in [1.82, 2.24) is 4.98 Å². The first kappa shape index (κ1) is 13.7. The number of rotatable bonds is 1. The molecule has 104 valence electrons. The number of hydrogen-bond acceptors (Lipinski definition) is 3. The van der Waals surface area contributed by atoms with Crippen LogP contribution in [0.5, 0.6) is 0 Å². The molecule has 0 saturated heterocycles. The molecule has 0 saturated carbocycles. The van der Waals surface area contributed by atoms with Crippen molar-refractivity contribution in [1.29, 1.82) is 0 Å². The topological polar surface area (TPSA) is 39.2 Å². The van der Waals surface area contributed by atoms with Crippen LogP contribution in [0.25, 0.3) is 10.9 Å². The smallest absolute Gasteiger partial charge is 0.303 e. The summed E-state index contributed by atoms with van der Waals surface area (Å²) in [5, 5.41) is 0.838. The van der Waals surface area contributed by atoms with E-state index < -0.39 is 0 Å². The standard InChI is InChI=1S/C15H13FINO2/c1-7-5-10-13(17)9-3-4-12(20-8(2)19)15(9)18-14(10)11(16)6-7/h5-6,12H,3-4H2,1-2H3. The average molecular weight is 385 g/mol. The Morgan fingerprint density at radius 1 is 1.50 bits per heavy atom. The quantitative estimate of drug-likeness (QED) is 0.553. The third-order valence-corrected chi connectivity index (χ3v) is 4.75. The number of aromatic nitrogens is 1. The molecule has 2 aromatic rings. The van der Waals surface area contributed by atoms with Crippen molar-refractivity contribution in [2.24, 2.45) is 0 Å². The number of carbonyl (C=O) groups excluding carboxylic acids is 1. The molecule has 1 atom stereocenters. The van der Waals surface area contributed by atoms with E-state index in [1.54, 1.807) is 0 Å². The van der Waals surface area contributed by atoms with E-state index in [-0.39, 0.29) is 17.9 Å². The number of pyridine rings is 1. The lowest BCUT2D eigenvalue weighted by Crippen LogP contribution is -2.07. The first-order valence-electron chi connectivity index (χ1n) is 6.42. The van der Waals surface area contributed by atoms with E-state index in [0.29, 0.717) is 11.2 Å². The Kier molecular flexibility index (Phi) is 3.40. The summed E-state index contributed by atoms with van der Waals surface area (Å²) in [7, 11) is 0. The number of benzene rings is 1. The molecule has 0 amide bonds. The Labute approximate surface area is 129 Å². The molecule has 1 heterocycles. The van der Waals surface area contributed by atoms with Gasteiger partial charge in [0.15, 0.2) is 0 Å². The molecular weight excluding hydrogens is 372 g/mol. The Balaban J connectivity index is 2.23. The fourth-order valence-electron chi connectivity index (χ4n) is 2.71. The van der Waals surface area contributed by atoms with Crippen LogP contribution in [0.4, 0.5) is 4.39 Å². The van der Waals surface area contributed by atoms with Gasteiger partial charge >= 0.3 is 5.97 Å². The summed E-state index contributed by atoms with van der Waals surface area (Å²) >= 11 is 2.23. The Morgan fingerprint density at radius 3 is 2.95 bits per heavy atom. The summed E-state index contributed by atoms with van der Waals surface area (Å²) in [5.41, 5.74) is 3.02. The second kappa shape index (κ2) is 4.95. The van der Waals surface area contributed by atoms with Gasteiger partial charge in [-0.15, -0.1) is 0 Å². The minimum Gasteiger partial charge on any atom is -0.456 e. The van der Waals surface area contributed by atoms with Crippen LogP contribution in [0, 0.1) is 16.3 Å². The molecule has 1 aliphatic carbocycles. The van der Waals surface area contributed by atoms with Crippen LogP contribution in [-0.4, -0.2) is 11.0 Å². The maximum absolute atomic E-state index is 14.1. The zero-order chi connectivity index (χ0) is 14.4. The van der Waals surface area contributed by atoms with Gasteiger partial charge in [-0.25, -0.2) is 9.37 Å². The summed E-state index contributed by atoms with van der Waals surface area (Å²) < 4.78 is 20.4. The number of hydrogen-bond donors (Lipinski definition) is 0. The zero-order valence-corrected chi connectivity index (χ0v) is 13.3. The lowest BCUT2D eigenvalue weighted by molar-refractivity contribution is -0.146. The summed E-state index contributed by atoms with van der Waals surface area (Å²) in [6.45, 7) is 3.25. The van der Waals surface area contributed by atoms with Gasteiger partial charge in [0.05, 0.1) is 5.69 Å². The van der Waals surface area contributed by atoms with Crippen LogP contribution in [-0.2, 0) is 16.0 Å². The molecule has 1 aromatic heterocycles. The van der Waals surface area contributed by atoms with Crippen molar-refractivity contribution in [3.8, 4) is 0 Å². The molecule has 1 unspecified atom stereocenters. The summed E-state index contributed by atoms with van der Waals surface area (Å²) in [6, 6.07) is 3.43. The molecule has 1 aromatic carbocycles. The van der Waals surface area contributed by atoms with Gasteiger partial charge in [0.25, 0.3) is 0 Å². The SMILES string of the molecule is CC(=O)OC1CCc2c1nc1c(F)cc(C)cc1c2I. The highest BCUT2D eigenvalue weighted by molar-refractivity contribution is 14.1. The molecular formula is C15H13FINO2. The van der Waals surface area contributed by atoms with Gasteiger partial charge in [-0.1, -0.05) is 0 Å². The maximum atomic E-state index is 14.1. The van der Waals surface area contributed by atoms with Crippen molar-refractivity contribution in [3.05, 3.63) is 38.3 Å². The molecule has 0 radical (unpaired) electrons. The molecule has 0 bridgehead atoms. The van der Waals surface area contributed by atoms with Gasteiger partial charge in [0.2, 0.25) is 0 Å². The van der Waals surface area contributed by atoms with Gasteiger partial charge in [-0.3, -0.25) is 4.79 Å². The number of ether oxygens (including phenoxy) is 1. The van der Waals surface area contributed by atoms with E-state index >= 15 is 0 Å². The van der Waals surface area contributed by atoms with E-state index in [9.17, 15) is 9.18 Å².